The summed E-state index contributed by atoms with van der Waals surface area (Å²) < 4.78 is 11.0. The SMILES string of the molecule is CCOc1ccc(C2CC(=O)N3CN(c4ccc(OCC)cc4)CSC3=C2C#N)cc1. The summed E-state index contributed by atoms with van der Waals surface area (Å²) in [5, 5.41) is 10.7. The van der Waals surface area contributed by atoms with Gasteiger partial charge < -0.3 is 14.4 Å². The molecule has 0 spiro atoms. The van der Waals surface area contributed by atoms with E-state index in [9.17, 15) is 10.1 Å². The smallest absolute Gasteiger partial charge is 0.229 e. The maximum absolute atomic E-state index is 13.1. The van der Waals surface area contributed by atoms with E-state index in [1.165, 1.54) is 0 Å². The summed E-state index contributed by atoms with van der Waals surface area (Å²) in [6, 6.07) is 18.0. The maximum atomic E-state index is 13.1. The maximum Gasteiger partial charge on any atom is 0.229 e. The molecule has 0 aromatic heterocycles. The highest BCUT2D eigenvalue weighted by Gasteiger charge is 2.38. The number of nitriles is 1. The number of hydrogen-bond donors (Lipinski definition) is 0. The lowest BCUT2D eigenvalue weighted by Crippen LogP contribution is -2.47. The molecule has 0 saturated carbocycles. The Morgan fingerprint density at radius 3 is 2.23 bits per heavy atom. The highest BCUT2D eigenvalue weighted by molar-refractivity contribution is 8.03. The van der Waals surface area contributed by atoms with Crippen LogP contribution in [0.25, 0.3) is 0 Å². The third kappa shape index (κ3) is 4.35. The number of hydrogen-bond acceptors (Lipinski definition) is 6. The van der Waals surface area contributed by atoms with Gasteiger partial charge in [-0.25, -0.2) is 0 Å². The molecule has 0 aliphatic carbocycles. The van der Waals surface area contributed by atoms with Crippen LogP contribution < -0.4 is 14.4 Å². The molecule has 1 amide bonds. The molecule has 1 fully saturated rings. The first-order chi connectivity index (χ1) is 15.1. The van der Waals surface area contributed by atoms with Gasteiger partial charge in [0.05, 0.1) is 42.4 Å². The van der Waals surface area contributed by atoms with Crippen LogP contribution in [0.3, 0.4) is 0 Å². The Balaban J connectivity index is 1.56. The molecule has 31 heavy (non-hydrogen) atoms. The fraction of sp³-hybridized carbons (Fsp3) is 0.333. The molecule has 0 bridgehead atoms. The number of thioether (sulfide) groups is 1. The topological polar surface area (TPSA) is 65.8 Å². The van der Waals surface area contributed by atoms with Gasteiger partial charge in [0.15, 0.2) is 0 Å². The second-order valence-electron chi connectivity index (χ2n) is 7.29. The number of rotatable bonds is 6. The van der Waals surface area contributed by atoms with E-state index in [1.807, 2.05) is 62.4 Å². The van der Waals surface area contributed by atoms with Crippen LogP contribution in [-0.4, -0.2) is 36.6 Å². The van der Waals surface area contributed by atoms with Crippen LogP contribution in [0.4, 0.5) is 5.69 Å². The van der Waals surface area contributed by atoms with Crippen LogP contribution in [0.2, 0.25) is 0 Å². The number of carbonyl (C=O) groups excluding carboxylic acids is 1. The summed E-state index contributed by atoms with van der Waals surface area (Å²) in [6.07, 6.45) is 0.290. The van der Waals surface area contributed by atoms with Gasteiger partial charge in [-0.15, -0.1) is 0 Å². The van der Waals surface area contributed by atoms with E-state index >= 15 is 0 Å². The molecule has 1 unspecified atom stereocenters. The van der Waals surface area contributed by atoms with Gasteiger partial charge in [-0.1, -0.05) is 23.9 Å². The molecule has 7 heteroatoms. The third-order valence-electron chi connectivity index (χ3n) is 5.40. The third-order valence-corrected chi connectivity index (χ3v) is 6.55. The second kappa shape index (κ2) is 9.36. The summed E-state index contributed by atoms with van der Waals surface area (Å²) in [6.45, 7) is 5.57. The van der Waals surface area contributed by atoms with E-state index in [2.05, 4.69) is 11.0 Å². The average molecular weight is 436 g/mol. The number of carbonyl (C=O) groups is 1. The Morgan fingerprint density at radius 1 is 1.03 bits per heavy atom. The normalized spacial score (nSPS) is 18.5. The molecule has 2 aliphatic rings. The van der Waals surface area contributed by atoms with Crippen LogP contribution in [0.15, 0.2) is 59.1 Å². The quantitative estimate of drug-likeness (QED) is 0.655. The van der Waals surface area contributed by atoms with Crippen LogP contribution in [0, 0.1) is 11.3 Å². The van der Waals surface area contributed by atoms with Gasteiger partial charge in [0.25, 0.3) is 0 Å². The molecule has 2 heterocycles. The fourth-order valence-corrected chi connectivity index (χ4v) is 5.06. The number of nitrogens with zero attached hydrogens (tertiary/aromatic N) is 3. The zero-order valence-electron chi connectivity index (χ0n) is 17.7. The zero-order valence-corrected chi connectivity index (χ0v) is 18.5. The molecular weight excluding hydrogens is 410 g/mol. The number of fused-ring (bicyclic) bond motifs is 1. The molecule has 0 radical (unpaired) electrons. The van der Waals surface area contributed by atoms with Gasteiger partial charge in [-0.05, 0) is 55.8 Å². The molecule has 4 rings (SSSR count). The fourth-order valence-electron chi connectivity index (χ4n) is 3.89. The molecular formula is C24H25N3O3S. The van der Waals surface area contributed by atoms with Gasteiger partial charge in [0, 0.05) is 18.0 Å². The van der Waals surface area contributed by atoms with Gasteiger partial charge in [0.1, 0.15) is 11.5 Å². The molecule has 0 N–H and O–H groups in total. The van der Waals surface area contributed by atoms with Gasteiger partial charge in [-0.2, -0.15) is 5.26 Å². The number of allylic oxidation sites excluding steroid dienone is 1. The highest BCUT2D eigenvalue weighted by Crippen LogP contribution is 2.43. The summed E-state index contributed by atoms with van der Waals surface area (Å²) in [5.74, 6) is 2.11. The lowest BCUT2D eigenvalue weighted by atomic mass is 9.86. The molecule has 160 valence electrons. The van der Waals surface area contributed by atoms with E-state index in [0.717, 1.165) is 27.8 Å². The lowest BCUT2D eigenvalue weighted by Gasteiger charge is -2.42. The minimum atomic E-state index is -0.219. The number of ether oxygens (including phenoxy) is 2. The molecule has 1 atom stereocenters. The summed E-state index contributed by atoms with van der Waals surface area (Å²) >= 11 is 1.54. The molecule has 6 nitrogen and oxygen atoms in total. The average Bonchev–Trinajstić information content (AvgIpc) is 2.80. The predicted octanol–water partition coefficient (Wildman–Crippen LogP) is 4.70. The Hall–Kier alpha value is -3.11. The highest BCUT2D eigenvalue weighted by atomic mass is 32.2. The van der Waals surface area contributed by atoms with Gasteiger partial charge in [0.2, 0.25) is 5.91 Å². The van der Waals surface area contributed by atoms with Crippen molar-refractivity contribution < 1.29 is 14.3 Å². The van der Waals surface area contributed by atoms with Gasteiger partial charge in [-0.3, -0.25) is 9.69 Å². The summed E-state index contributed by atoms with van der Waals surface area (Å²) in [4.78, 5) is 16.9. The van der Waals surface area contributed by atoms with E-state index in [0.29, 0.717) is 31.3 Å². The Kier molecular flexibility index (Phi) is 6.38. The monoisotopic (exact) mass is 435 g/mol. The van der Waals surface area contributed by atoms with Gasteiger partial charge >= 0.3 is 0 Å². The summed E-state index contributed by atoms with van der Waals surface area (Å²) in [5.41, 5.74) is 2.66. The largest absolute Gasteiger partial charge is 0.494 e. The van der Waals surface area contributed by atoms with E-state index in [4.69, 9.17) is 9.47 Å². The Bertz CT molecular complexity index is 1010. The van der Waals surface area contributed by atoms with Crippen molar-refractivity contribution in [2.24, 2.45) is 0 Å². The van der Waals surface area contributed by atoms with Crippen molar-refractivity contribution in [1.82, 2.24) is 4.90 Å². The van der Waals surface area contributed by atoms with Crippen LogP contribution in [0.5, 0.6) is 11.5 Å². The Labute approximate surface area is 187 Å². The number of benzene rings is 2. The first-order valence-corrected chi connectivity index (χ1v) is 11.4. The van der Waals surface area contributed by atoms with E-state index in [-0.39, 0.29) is 18.2 Å². The molecule has 2 aliphatic heterocycles. The van der Waals surface area contributed by atoms with Crippen LogP contribution >= 0.6 is 11.8 Å². The van der Waals surface area contributed by atoms with Crippen molar-refractivity contribution in [2.75, 3.05) is 30.7 Å². The van der Waals surface area contributed by atoms with E-state index < -0.39 is 0 Å². The van der Waals surface area contributed by atoms with Crippen molar-refractivity contribution in [3.8, 4) is 17.6 Å². The second-order valence-corrected chi connectivity index (χ2v) is 8.23. The van der Waals surface area contributed by atoms with Crippen molar-refractivity contribution >= 4 is 23.4 Å². The number of amides is 1. The molecule has 2 aromatic rings. The number of anilines is 1. The molecule has 1 saturated heterocycles. The minimum absolute atomic E-state index is 0.0380. The van der Waals surface area contributed by atoms with Crippen LogP contribution in [0.1, 0.15) is 31.7 Å². The summed E-state index contributed by atoms with van der Waals surface area (Å²) in [7, 11) is 0. The minimum Gasteiger partial charge on any atom is -0.494 e. The van der Waals surface area contributed by atoms with Crippen molar-refractivity contribution in [1.29, 1.82) is 5.26 Å². The zero-order chi connectivity index (χ0) is 21.8. The lowest BCUT2D eigenvalue weighted by molar-refractivity contribution is -0.129. The first kappa shape index (κ1) is 21.1. The Morgan fingerprint density at radius 2 is 1.65 bits per heavy atom. The first-order valence-electron chi connectivity index (χ1n) is 10.4. The van der Waals surface area contributed by atoms with Crippen molar-refractivity contribution in [2.45, 2.75) is 26.2 Å². The van der Waals surface area contributed by atoms with Crippen molar-refractivity contribution in [3.63, 3.8) is 0 Å². The van der Waals surface area contributed by atoms with Crippen LogP contribution in [-0.2, 0) is 4.79 Å². The van der Waals surface area contributed by atoms with Crippen molar-refractivity contribution in [3.05, 3.63) is 64.7 Å². The van der Waals surface area contributed by atoms with E-state index in [1.54, 1.807) is 16.7 Å². The molecule has 2 aromatic carbocycles. The predicted molar refractivity (Wildman–Crippen MR) is 122 cm³/mol. The standard InChI is InChI=1S/C24H25N3O3S/c1-3-29-19-9-5-17(6-10-19)21-13-23(28)27-15-26(16-31-24(27)22(21)14-25)18-7-11-20(12-8-18)30-4-2/h5-12,21H,3-4,13,15-16H2,1-2H3.